The number of aromatic nitrogens is 2. The summed E-state index contributed by atoms with van der Waals surface area (Å²) in [5.74, 6) is -4.99. The molecular formula is C23H26N6O8S2. The van der Waals surface area contributed by atoms with Crippen LogP contribution in [0.5, 0.6) is 0 Å². The summed E-state index contributed by atoms with van der Waals surface area (Å²) in [4.78, 5) is 68.4. The van der Waals surface area contributed by atoms with Gasteiger partial charge in [-0.15, -0.1) is 22.7 Å². The Balaban J connectivity index is 1.54. The van der Waals surface area contributed by atoms with Gasteiger partial charge >= 0.3 is 17.9 Å². The van der Waals surface area contributed by atoms with Crippen molar-refractivity contribution < 1.29 is 39.3 Å². The van der Waals surface area contributed by atoms with E-state index in [1.807, 2.05) is 5.38 Å². The van der Waals surface area contributed by atoms with Crippen molar-refractivity contribution >= 4 is 74.4 Å². The predicted molar refractivity (Wildman–Crippen MR) is 143 cm³/mol. The number of nitrogens with zero attached hydrogens (tertiary/aromatic N) is 2. The molecule has 0 aliphatic heterocycles. The van der Waals surface area contributed by atoms with E-state index in [9.17, 15) is 29.1 Å². The van der Waals surface area contributed by atoms with Crippen LogP contribution < -0.4 is 22.1 Å². The van der Waals surface area contributed by atoms with E-state index in [-0.39, 0.29) is 23.7 Å². The Morgan fingerprint density at radius 3 is 2.23 bits per heavy atom. The Kier molecular flexibility index (Phi) is 9.73. The standard InChI is InChI=1S/C23H26N6O8S2/c24-18-17-10(9-38-20(17)29-23(25)28-18)1-2-11-3-6-14(39-11)19(33)27-13(22(36)37)4-7-15(30)26-12(21(34)35)5-8-16(31)32/h3,6,9,12-13H,1-2,4-5,7-8H2,(H,26,30)(H,27,33)(H,31,32)(H,34,35)(H,36,37)(H4,24,25,28,29)/t12-,13-/m0/s1. The van der Waals surface area contributed by atoms with Crippen LogP contribution >= 0.6 is 22.7 Å². The van der Waals surface area contributed by atoms with Crippen LogP contribution in [0, 0.1) is 0 Å². The van der Waals surface area contributed by atoms with Gasteiger partial charge in [0.1, 0.15) is 22.7 Å². The van der Waals surface area contributed by atoms with Crippen LogP contribution in [0.2, 0.25) is 0 Å². The fourth-order valence-corrected chi connectivity index (χ4v) is 5.58. The lowest BCUT2D eigenvalue weighted by Gasteiger charge is -2.16. The highest BCUT2D eigenvalue weighted by Gasteiger charge is 2.25. The number of hydrogen-bond donors (Lipinski definition) is 7. The minimum Gasteiger partial charge on any atom is -0.481 e. The molecule has 16 heteroatoms. The number of aryl methyl sites for hydroxylation is 2. The first kappa shape index (κ1) is 29.2. The van der Waals surface area contributed by atoms with Crippen LogP contribution in [0.4, 0.5) is 11.8 Å². The number of nitrogen functional groups attached to an aromatic ring is 2. The Morgan fingerprint density at radius 2 is 1.56 bits per heavy atom. The van der Waals surface area contributed by atoms with Gasteiger partial charge < -0.3 is 37.4 Å². The third-order valence-corrected chi connectivity index (χ3v) is 7.69. The first-order valence-corrected chi connectivity index (χ1v) is 13.3. The van der Waals surface area contributed by atoms with Gasteiger partial charge in [-0.05, 0) is 48.8 Å². The molecule has 2 atom stereocenters. The van der Waals surface area contributed by atoms with Crippen LogP contribution in [0.1, 0.15) is 45.8 Å². The highest BCUT2D eigenvalue weighted by Crippen LogP contribution is 2.30. The van der Waals surface area contributed by atoms with Gasteiger partial charge in [-0.25, -0.2) is 14.6 Å². The molecule has 9 N–H and O–H groups in total. The lowest BCUT2D eigenvalue weighted by Crippen LogP contribution is -2.44. The molecule has 0 fully saturated rings. The Morgan fingerprint density at radius 1 is 0.897 bits per heavy atom. The summed E-state index contributed by atoms with van der Waals surface area (Å²) in [5.41, 5.74) is 12.6. The number of carbonyl (C=O) groups is 5. The van der Waals surface area contributed by atoms with Crippen LogP contribution in [0.25, 0.3) is 10.2 Å². The highest BCUT2D eigenvalue weighted by atomic mass is 32.1. The molecule has 0 spiro atoms. The van der Waals surface area contributed by atoms with Crippen LogP contribution in [0.15, 0.2) is 17.5 Å². The largest absolute Gasteiger partial charge is 0.481 e. The number of fused-ring (bicyclic) bond motifs is 1. The molecule has 3 aromatic rings. The lowest BCUT2D eigenvalue weighted by molar-refractivity contribution is -0.143. The minimum absolute atomic E-state index is 0.0998. The first-order chi connectivity index (χ1) is 18.4. The summed E-state index contributed by atoms with van der Waals surface area (Å²) < 4.78 is 0. The van der Waals surface area contributed by atoms with E-state index < -0.39 is 54.6 Å². The summed E-state index contributed by atoms with van der Waals surface area (Å²) in [7, 11) is 0. The van der Waals surface area contributed by atoms with Gasteiger partial charge in [0.15, 0.2) is 0 Å². The van der Waals surface area contributed by atoms with Gasteiger partial charge in [0, 0.05) is 17.7 Å². The van der Waals surface area contributed by atoms with Crippen molar-refractivity contribution in [1.82, 2.24) is 20.6 Å². The van der Waals surface area contributed by atoms with Gasteiger partial charge in [-0.3, -0.25) is 14.4 Å². The normalized spacial score (nSPS) is 12.5. The van der Waals surface area contributed by atoms with Crippen molar-refractivity contribution in [3.05, 3.63) is 32.8 Å². The number of nitrogens with two attached hydrogens (primary N) is 2. The zero-order chi connectivity index (χ0) is 28.7. The molecular weight excluding hydrogens is 552 g/mol. The number of carboxylic acids is 3. The van der Waals surface area contributed by atoms with Crippen molar-refractivity contribution in [2.45, 2.75) is 50.6 Å². The van der Waals surface area contributed by atoms with Crippen molar-refractivity contribution in [1.29, 1.82) is 0 Å². The summed E-state index contributed by atoms with van der Waals surface area (Å²) in [6.45, 7) is 0. The Bertz CT molecular complexity index is 1400. The number of carboxylic acid groups (broad SMARTS) is 3. The minimum atomic E-state index is -1.43. The first-order valence-electron chi connectivity index (χ1n) is 11.6. The van der Waals surface area contributed by atoms with Crippen molar-refractivity contribution in [2.24, 2.45) is 0 Å². The maximum absolute atomic E-state index is 12.7. The van der Waals surface area contributed by atoms with Crippen molar-refractivity contribution in [3.8, 4) is 0 Å². The number of amides is 2. The fourth-order valence-electron chi connectivity index (χ4n) is 3.68. The average molecular weight is 579 g/mol. The molecule has 0 saturated carbocycles. The molecule has 0 aliphatic carbocycles. The number of carbonyl (C=O) groups excluding carboxylic acids is 2. The smallest absolute Gasteiger partial charge is 0.326 e. The zero-order valence-corrected chi connectivity index (χ0v) is 22.0. The highest BCUT2D eigenvalue weighted by molar-refractivity contribution is 7.17. The molecule has 0 aliphatic rings. The topological polar surface area (TPSA) is 248 Å². The van der Waals surface area contributed by atoms with Gasteiger partial charge in [0.2, 0.25) is 11.9 Å². The Labute approximate surface area is 229 Å². The summed E-state index contributed by atoms with van der Waals surface area (Å²) in [6.07, 6.45) is -0.283. The summed E-state index contributed by atoms with van der Waals surface area (Å²) in [5, 5.41) is 34.5. The predicted octanol–water partition coefficient (Wildman–Crippen LogP) is 1.10. The van der Waals surface area contributed by atoms with E-state index in [2.05, 4.69) is 20.6 Å². The molecule has 3 aromatic heterocycles. The van der Waals surface area contributed by atoms with Crippen LogP contribution in [-0.4, -0.2) is 67.1 Å². The Hall–Kier alpha value is -4.31. The molecule has 0 saturated heterocycles. The number of aliphatic carboxylic acids is 3. The molecule has 0 unspecified atom stereocenters. The lowest BCUT2D eigenvalue weighted by atomic mass is 10.1. The maximum Gasteiger partial charge on any atom is 0.326 e. The molecule has 39 heavy (non-hydrogen) atoms. The molecule has 14 nitrogen and oxygen atoms in total. The van der Waals surface area contributed by atoms with Crippen molar-refractivity contribution in [3.63, 3.8) is 0 Å². The molecule has 208 valence electrons. The zero-order valence-electron chi connectivity index (χ0n) is 20.4. The fraction of sp³-hybridized carbons (Fsp3) is 0.348. The quantitative estimate of drug-likeness (QED) is 0.142. The van der Waals surface area contributed by atoms with Gasteiger partial charge in [0.25, 0.3) is 5.91 Å². The molecule has 2 amide bonds. The van der Waals surface area contributed by atoms with E-state index in [0.29, 0.717) is 23.5 Å². The van der Waals surface area contributed by atoms with E-state index in [4.69, 9.17) is 21.7 Å². The van der Waals surface area contributed by atoms with E-state index in [1.54, 1.807) is 12.1 Å². The van der Waals surface area contributed by atoms with E-state index >= 15 is 0 Å². The second-order valence-electron chi connectivity index (χ2n) is 8.47. The SMILES string of the molecule is Nc1nc(N)c2c(CCc3ccc(C(=O)N[C@@H](CCC(=O)N[C@@H](CCC(=O)O)C(=O)O)C(=O)O)s3)csc2n1. The third kappa shape index (κ3) is 8.08. The number of nitrogens with one attached hydrogen (secondary N) is 2. The second-order valence-corrected chi connectivity index (χ2v) is 10.5. The summed E-state index contributed by atoms with van der Waals surface area (Å²) in [6, 6.07) is 0.511. The molecule has 0 radical (unpaired) electrons. The number of anilines is 2. The van der Waals surface area contributed by atoms with E-state index in [0.717, 1.165) is 15.8 Å². The van der Waals surface area contributed by atoms with Gasteiger partial charge in [0.05, 0.1) is 10.3 Å². The number of thiophene rings is 2. The van der Waals surface area contributed by atoms with E-state index in [1.165, 1.54) is 22.7 Å². The number of rotatable bonds is 14. The van der Waals surface area contributed by atoms with Crippen LogP contribution in [0.3, 0.4) is 0 Å². The summed E-state index contributed by atoms with van der Waals surface area (Å²) >= 11 is 2.60. The van der Waals surface area contributed by atoms with Crippen molar-refractivity contribution in [2.75, 3.05) is 11.5 Å². The van der Waals surface area contributed by atoms with Gasteiger partial charge in [-0.1, -0.05) is 0 Å². The average Bonchev–Trinajstić information content (AvgIpc) is 3.49. The van der Waals surface area contributed by atoms with Crippen LogP contribution in [-0.2, 0) is 32.0 Å². The monoisotopic (exact) mass is 578 g/mol. The molecule has 0 bridgehead atoms. The van der Waals surface area contributed by atoms with Gasteiger partial charge in [-0.2, -0.15) is 4.98 Å². The molecule has 3 heterocycles. The maximum atomic E-state index is 12.7. The molecule has 3 rings (SSSR count). The number of hydrogen-bond acceptors (Lipinski definition) is 11. The second kappa shape index (κ2) is 13.0. The third-order valence-electron chi connectivity index (χ3n) is 5.62. The molecule has 0 aromatic carbocycles.